The lowest BCUT2D eigenvalue weighted by Crippen LogP contribution is -2.19. The molecule has 12 heavy (non-hydrogen) atoms. The van der Waals surface area contributed by atoms with Gasteiger partial charge in [0, 0.05) is 6.61 Å². The van der Waals surface area contributed by atoms with E-state index >= 15 is 0 Å². The largest absolute Gasteiger partial charge is 0.396 e. The quantitative estimate of drug-likeness (QED) is 0.653. The number of hydrogen-bond donors (Lipinski definition) is 1. The molecule has 0 amide bonds. The van der Waals surface area contributed by atoms with Gasteiger partial charge in [0.05, 0.1) is 0 Å². The van der Waals surface area contributed by atoms with E-state index in [0.717, 1.165) is 5.92 Å². The fourth-order valence-electron chi connectivity index (χ4n) is 1.98. The maximum atomic E-state index is 9.21. The van der Waals surface area contributed by atoms with Gasteiger partial charge in [-0.15, -0.1) is 0 Å². The van der Waals surface area contributed by atoms with Crippen LogP contribution in [0.5, 0.6) is 0 Å². The van der Waals surface area contributed by atoms with E-state index in [1.807, 2.05) is 0 Å². The lowest BCUT2D eigenvalue weighted by atomic mass is 9.83. The third kappa shape index (κ3) is 4.10. The lowest BCUT2D eigenvalue weighted by molar-refractivity contribution is 0.147. The Morgan fingerprint density at radius 3 is 1.75 bits per heavy atom. The molecule has 0 aromatic heterocycles. The highest BCUT2D eigenvalue weighted by Crippen LogP contribution is 2.25. The summed E-state index contributed by atoms with van der Waals surface area (Å²) < 4.78 is 0. The van der Waals surface area contributed by atoms with Crippen molar-refractivity contribution in [2.45, 2.75) is 47.0 Å². The molecule has 74 valence electrons. The van der Waals surface area contributed by atoms with E-state index in [-0.39, 0.29) is 0 Å². The van der Waals surface area contributed by atoms with E-state index in [0.29, 0.717) is 18.4 Å². The molecule has 0 rings (SSSR count). The first kappa shape index (κ1) is 12.0. The fourth-order valence-corrected chi connectivity index (χ4v) is 1.98. The second-order valence-electron chi connectivity index (χ2n) is 4.15. The van der Waals surface area contributed by atoms with Gasteiger partial charge in [-0.25, -0.2) is 0 Å². The van der Waals surface area contributed by atoms with Crippen molar-refractivity contribution in [2.75, 3.05) is 6.61 Å². The number of hydrogen-bond acceptors (Lipinski definition) is 1. The molecule has 0 aliphatic heterocycles. The molecule has 1 N–H and O–H groups in total. The highest BCUT2D eigenvalue weighted by atomic mass is 16.3. The van der Waals surface area contributed by atoms with Gasteiger partial charge in [0.15, 0.2) is 0 Å². The van der Waals surface area contributed by atoms with Gasteiger partial charge in [0.1, 0.15) is 0 Å². The Hall–Kier alpha value is -0.0400. The zero-order valence-electron chi connectivity index (χ0n) is 9.01. The summed E-state index contributed by atoms with van der Waals surface area (Å²) in [5.41, 5.74) is 0. The van der Waals surface area contributed by atoms with Crippen molar-refractivity contribution in [2.24, 2.45) is 17.8 Å². The summed E-state index contributed by atoms with van der Waals surface area (Å²) in [4.78, 5) is 0. The summed E-state index contributed by atoms with van der Waals surface area (Å²) in [6, 6.07) is 0. The summed E-state index contributed by atoms with van der Waals surface area (Å²) in [5, 5.41) is 9.21. The van der Waals surface area contributed by atoms with Gasteiger partial charge in [-0.2, -0.15) is 0 Å². The lowest BCUT2D eigenvalue weighted by Gasteiger charge is -2.24. The van der Waals surface area contributed by atoms with Crippen molar-refractivity contribution in [3.8, 4) is 0 Å². The van der Waals surface area contributed by atoms with Crippen LogP contribution in [0.2, 0.25) is 0 Å². The Labute approximate surface area is 77.2 Å². The molecular weight excluding hydrogens is 148 g/mol. The molecule has 0 heterocycles. The van der Waals surface area contributed by atoms with Crippen LogP contribution in [0.15, 0.2) is 0 Å². The van der Waals surface area contributed by atoms with Crippen molar-refractivity contribution in [3.05, 3.63) is 0 Å². The smallest absolute Gasteiger partial charge is 0.0462 e. The minimum atomic E-state index is 0.366. The third-order valence-corrected chi connectivity index (χ3v) is 2.72. The minimum absolute atomic E-state index is 0.366. The van der Waals surface area contributed by atoms with Gasteiger partial charge in [0.2, 0.25) is 0 Å². The van der Waals surface area contributed by atoms with Gasteiger partial charge in [-0.05, 0) is 24.2 Å². The maximum absolute atomic E-state index is 9.21. The Balaban J connectivity index is 3.92. The molecule has 1 heteroatoms. The molecule has 1 unspecified atom stereocenters. The second-order valence-corrected chi connectivity index (χ2v) is 4.15. The highest BCUT2D eigenvalue weighted by molar-refractivity contribution is 4.68. The van der Waals surface area contributed by atoms with E-state index in [9.17, 15) is 5.11 Å². The Morgan fingerprint density at radius 2 is 1.50 bits per heavy atom. The molecule has 0 aromatic rings. The van der Waals surface area contributed by atoms with Crippen molar-refractivity contribution < 1.29 is 5.11 Å². The molecular formula is C11H24O. The molecule has 1 atom stereocenters. The number of aliphatic hydroxyl groups is 1. The van der Waals surface area contributed by atoms with Crippen LogP contribution in [0.4, 0.5) is 0 Å². The van der Waals surface area contributed by atoms with E-state index in [4.69, 9.17) is 0 Å². The predicted molar refractivity (Wildman–Crippen MR) is 54.1 cm³/mol. The first-order valence-electron chi connectivity index (χ1n) is 5.26. The molecule has 0 bridgehead atoms. The summed E-state index contributed by atoms with van der Waals surface area (Å²) in [6.07, 6.45) is 3.58. The molecule has 0 saturated heterocycles. The molecule has 0 aromatic carbocycles. The molecule has 1 nitrogen and oxygen atoms in total. The van der Waals surface area contributed by atoms with Crippen LogP contribution in [-0.4, -0.2) is 11.7 Å². The predicted octanol–water partition coefficient (Wildman–Crippen LogP) is 3.08. The van der Waals surface area contributed by atoms with Crippen LogP contribution < -0.4 is 0 Å². The minimum Gasteiger partial charge on any atom is -0.396 e. The Morgan fingerprint density at radius 1 is 1.00 bits per heavy atom. The monoisotopic (exact) mass is 172 g/mol. The highest BCUT2D eigenvalue weighted by Gasteiger charge is 2.18. The summed E-state index contributed by atoms with van der Waals surface area (Å²) in [5.74, 6) is 1.96. The van der Waals surface area contributed by atoms with Crippen LogP contribution in [0.25, 0.3) is 0 Å². The van der Waals surface area contributed by atoms with Gasteiger partial charge < -0.3 is 5.11 Å². The Bertz CT molecular complexity index is 95.2. The van der Waals surface area contributed by atoms with E-state index < -0.39 is 0 Å². The van der Waals surface area contributed by atoms with Crippen molar-refractivity contribution >= 4 is 0 Å². The van der Waals surface area contributed by atoms with Crippen molar-refractivity contribution in [3.63, 3.8) is 0 Å². The maximum Gasteiger partial charge on any atom is 0.0462 e. The van der Waals surface area contributed by atoms with Gasteiger partial charge in [-0.3, -0.25) is 0 Å². The van der Waals surface area contributed by atoms with Gasteiger partial charge >= 0.3 is 0 Å². The second kappa shape index (κ2) is 6.47. The first-order chi connectivity index (χ1) is 5.65. The number of aliphatic hydroxyl groups excluding tert-OH is 1. The van der Waals surface area contributed by atoms with Crippen LogP contribution in [-0.2, 0) is 0 Å². The summed E-state index contributed by atoms with van der Waals surface area (Å²) in [6.45, 7) is 9.26. The molecule has 0 aliphatic rings. The van der Waals surface area contributed by atoms with E-state index in [1.54, 1.807) is 0 Å². The van der Waals surface area contributed by atoms with E-state index in [2.05, 4.69) is 27.7 Å². The van der Waals surface area contributed by atoms with Gasteiger partial charge in [-0.1, -0.05) is 40.5 Å². The summed E-state index contributed by atoms with van der Waals surface area (Å²) >= 11 is 0. The molecule has 0 radical (unpaired) electrons. The fraction of sp³-hybridized carbons (Fsp3) is 1.00. The average molecular weight is 172 g/mol. The van der Waals surface area contributed by atoms with E-state index in [1.165, 1.54) is 19.3 Å². The molecule has 0 aliphatic carbocycles. The van der Waals surface area contributed by atoms with Crippen LogP contribution in [0, 0.1) is 17.8 Å². The molecule has 0 fully saturated rings. The molecule has 0 saturated carbocycles. The van der Waals surface area contributed by atoms with Crippen LogP contribution in [0.3, 0.4) is 0 Å². The average Bonchev–Trinajstić information content (AvgIpc) is 2.04. The van der Waals surface area contributed by atoms with Crippen LogP contribution >= 0.6 is 0 Å². The van der Waals surface area contributed by atoms with Crippen molar-refractivity contribution in [1.82, 2.24) is 0 Å². The van der Waals surface area contributed by atoms with Crippen LogP contribution in [0.1, 0.15) is 47.0 Å². The Kier molecular flexibility index (Phi) is 6.45. The zero-order chi connectivity index (χ0) is 9.56. The topological polar surface area (TPSA) is 20.2 Å². The first-order valence-corrected chi connectivity index (χ1v) is 5.26. The number of rotatable bonds is 6. The normalized spacial score (nSPS) is 14.2. The molecule has 0 spiro atoms. The van der Waals surface area contributed by atoms with Gasteiger partial charge in [0.25, 0.3) is 0 Å². The van der Waals surface area contributed by atoms with Crippen molar-refractivity contribution in [1.29, 1.82) is 0 Å². The third-order valence-electron chi connectivity index (χ3n) is 2.72. The summed E-state index contributed by atoms with van der Waals surface area (Å²) in [7, 11) is 0. The SMILES string of the molecule is CCC(CC)C(CO)CC(C)C. The zero-order valence-corrected chi connectivity index (χ0v) is 9.01. The standard InChI is InChI=1S/C11H24O/c1-5-10(6-2)11(8-12)7-9(3)4/h9-12H,5-8H2,1-4H3.